The van der Waals surface area contributed by atoms with E-state index in [9.17, 15) is 21.6 Å². The van der Waals surface area contributed by atoms with Crippen molar-refractivity contribution in [3.05, 3.63) is 42.2 Å². The molecular weight excluding hydrogens is 391 g/mol. The van der Waals surface area contributed by atoms with Gasteiger partial charge in [0.15, 0.2) is 11.9 Å². The number of rotatable bonds is 4. The molecule has 1 atom stereocenters. The first-order chi connectivity index (χ1) is 12.6. The van der Waals surface area contributed by atoms with Gasteiger partial charge in [0.25, 0.3) is 0 Å². The fourth-order valence-corrected chi connectivity index (χ4v) is 2.65. The second-order valence-electron chi connectivity index (χ2n) is 5.48. The molecule has 0 amide bonds. The Kier molecular flexibility index (Phi) is 4.91. The Labute approximate surface area is 151 Å². The molecule has 0 bridgehead atoms. The molecule has 0 saturated carbocycles. The number of sulfone groups is 1. The van der Waals surface area contributed by atoms with Crippen LogP contribution in [0.1, 0.15) is 18.1 Å². The van der Waals surface area contributed by atoms with Crippen LogP contribution < -0.4 is 9.47 Å². The molecule has 0 radical (unpaired) electrons. The topological polar surface area (TPSA) is 100.0 Å². The van der Waals surface area contributed by atoms with E-state index in [4.69, 9.17) is 9.57 Å². The van der Waals surface area contributed by atoms with Crippen LogP contribution in [0, 0.1) is 0 Å². The van der Waals surface area contributed by atoms with Gasteiger partial charge in [-0.25, -0.2) is 18.4 Å². The largest absolute Gasteiger partial charge is 0.573 e. The van der Waals surface area contributed by atoms with E-state index in [0.29, 0.717) is 5.56 Å². The summed E-state index contributed by atoms with van der Waals surface area (Å²) in [7, 11) is -3.52. The number of nitrogens with zero attached hydrogens (tertiary/aromatic N) is 3. The van der Waals surface area contributed by atoms with Crippen LogP contribution in [0.4, 0.5) is 13.2 Å². The maximum Gasteiger partial charge on any atom is 0.573 e. The van der Waals surface area contributed by atoms with Crippen molar-refractivity contribution in [1.29, 1.82) is 0 Å². The van der Waals surface area contributed by atoms with Gasteiger partial charge in [-0.1, -0.05) is 17.3 Å². The molecule has 0 N–H and O–H groups in total. The normalized spacial score (nSPS) is 17.2. The molecular formula is C15H12F3N3O5S. The van der Waals surface area contributed by atoms with Crippen LogP contribution in [0.2, 0.25) is 0 Å². The number of ether oxygens (including phenoxy) is 2. The molecule has 2 heterocycles. The van der Waals surface area contributed by atoms with Crippen LogP contribution in [0.3, 0.4) is 0 Å². The van der Waals surface area contributed by atoms with Crippen molar-refractivity contribution in [2.45, 2.75) is 24.0 Å². The molecule has 27 heavy (non-hydrogen) atoms. The van der Waals surface area contributed by atoms with Gasteiger partial charge < -0.3 is 14.3 Å². The second-order valence-corrected chi connectivity index (χ2v) is 7.39. The highest BCUT2D eigenvalue weighted by molar-refractivity contribution is 7.90. The highest BCUT2D eigenvalue weighted by atomic mass is 32.2. The minimum absolute atomic E-state index is 0.166. The lowest BCUT2D eigenvalue weighted by atomic mass is 10.1. The summed E-state index contributed by atoms with van der Waals surface area (Å²) in [5.41, 5.74) is 0.579. The molecule has 0 aliphatic carbocycles. The van der Waals surface area contributed by atoms with Crippen molar-refractivity contribution in [1.82, 2.24) is 9.97 Å². The molecule has 8 nitrogen and oxygen atoms in total. The zero-order valence-corrected chi connectivity index (χ0v) is 14.5. The summed E-state index contributed by atoms with van der Waals surface area (Å²) in [4.78, 5) is 12.6. The van der Waals surface area contributed by atoms with E-state index in [1.54, 1.807) is 0 Å². The average molecular weight is 403 g/mol. The minimum Gasteiger partial charge on any atom is -0.436 e. The summed E-state index contributed by atoms with van der Waals surface area (Å²) in [6, 6.07) is 5.19. The number of oxime groups is 1. The lowest BCUT2D eigenvalue weighted by molar-refractivity contribution is -0.274. The van der Waals surface area contributed by atoms with Crippen molar-refractivity contribution >= 4 is 15.7 Å². The van der Waals surface area contributed by atoms with E-state index in [1.807, 2.05) is 0 Å². The number of hydrogen-bond acceptors (Lipinski definition) is 8. The van der Waals surface area contributed by atoms with E-state index in [1.165, 1.54) is 36.7 Å². The lowest BCUT2D eigenvalue weighted by Crippen LogP contribution is -2.17. The standard InChI is InChI=1S/C15H12F3N3O5S/c1-27(22,23)14-19-7-11(8-20-14)24-13-6-12(26-21-13)9-2-4-10(5-3-9)25-15(16,17)18/h2-5,7-8,12H,6H2,1H3/t12-/m1/s1. The zero-order valence-electron chi connectivity index (χ0n) is 13.7. The molecule has 0 unspecified atom stereocenters. The van der Waals surface area contributed by atoms with Crippen LogP contribution in [0.15, 0.2) is 47.0 Å². The molecule has 0 saturated heterocycles. The maximum absolute atomic E-state index is 12.2. The summed E-state index contributed by atoms with van der Waals surface area (Å²) in [6.07, 6.45) is -1.74. The van der Waals surface area contributed by atoms with Crippen LogP contribution in [0.25, 0.3) is 0 Å². The van der Waals surface area contributed by atoms with Crippen LogP contribution in [-0.4, -0.2) is 36.9 Å². The van der Waals surface area contributed by atoms with Gasteiger partial charge in [0.05, 0.1) is 18.8 Å². The van der Waals surface area contributed by atoms with Gasteiger partial charge >= 0.3 is 6.36 Å². The Morgan fingerprint density at radius 1 is 1.11 bits per heavy atom. The Morgan fingerprint density at radius 3 is 2.30 bits per heavy atom. The van der Waals surface area contributed by atoms with E-state index in [0.717, 1.165) is 6.26 Å². The maximum atomic E-state index is 12.2. The number of halogens is 3. The van der Waals surface area contributed by atoms with E-state index in [-0.39, 0.29) is 29.0 Å². The van der Waals surface area contributed by atoms with Gasteiger partial charge in [0.2, 0.25) is 20.9 Å². The predicted molar refractivity (Wildman–Crippen MR) is 84.8 cm³/mol. The Hall–Kier alpha value is -2.89. The van der Waals surface area contributed by atoms with E-state index < -0.39 is 22.3 Å². The van der Waals surface area contributed by atoms with Gasteiger partial charge in [0.1, 0.15) is 5.75 Å². The molecule has 1 aromatic heterocycles. The molecule has 144 valence electrons. The highest BCUT2D eigenvalue weighted by Crippen LogP contribution is 2.30. The number of aromatic nitrogens is 2. The molecule has 0 spiro atoms. The molecule has 1 aliphatic heterocycles. The third-order valence-corrected chi connectivity index (χ3v) is 4.17. The van der Waals surface area contributed by atoms with Crippen LogP contribution in [-0.2, 0) is 14.7 Å². The van der Waals surface area contributed by atoms with Crippen molar-refractivity contribution in [3.8, 4) is 11.5 Å². The van der Waals surface area contributed by atoms with Gasteiger partial charge in [-0.15, -0.1) is 13.2 Å². The molecule has 2 aromatic rings. The SMILES string of the molecule is CS(=O)(=O)c1ncc(OC2=NO[C@@H](c3ccc(OC(F)(F)F)cc3)C2)cn1. The smallest absolute Gasteiger partial charge is 0.436 e. The molecule has 0 fully saturated rings. The van der Waals surface area contributed by atoms with E-state index in [2.05, 4.69) is 19.9 Å². The van der Waals surface area contributed by atoms with Gasteiger partial charge in [-0.3, -0.25) is 0 Å². The number of alkyl halides is 3. The van der Waals surface area contributed by atoms with Gasteiger partial charge in [-0.05, 0) is 17.7 Å². The van der Waals surface area contributed by atoms with Crippen LogP contribution in [0.5, 0.6) is 11.5 Å². The van der Waals surface area contributed by atoms with Crippen molar-refractivity contribution < 1.29 is 35.9 Å². The number of hydrogen-bond donors (Lipinski definition) is 0. The minimum atomic E-state index is -4.76. The Bertz CT molecular complexity index is 944. The quantitative estimate of drug-likeness (QED) is 0.724. The van der Waals surface area contributed by atoms with Crippen molar-refractivity contribution in [2.24, 2.45) is 5.16 Å². The third-order valence-electron chi connectivity index (χ3n) is 3.30. The predicted octanol–water partition coefficient (Wildman–Crippen LogP) is 2.63. The Balaban J connectivity index is 1.60. The fraction of sp³-hybridized carbons (Fsp3) is 0.267. The van der Waals surface area contributed by atoms with Gasteiger partial charge in [0, 0.05) is 6.26 Å². The highest BCUT2D eigenvalue weighted by Gasteiger charge is 2.31. The first kappa shape index (κ1) is 18.9. The second kappa shape index (κ2) is 7.02. The molecule has 1 aliphatic rings. The summed E-state index contributed by atoms with van der Waals surface area (Å²) in [6.45, 7) is 0. The van der Waals surface area contributed by atoms with E-state index >= 15 is 0 Å². The summed E-state index contributed by atoms with van der Waals surface area (Å²) in [5.74, 6) is 0.00963. The van der Waals surface area contributed by atoms with Crippen molar-refractivity contribution in [2.75, 3.05) is 6.26 Å². The monoisotopic (exact) mass is 403 g/mol. The zero-order chi connectivity index (χ0) is 19.7. The fourth-order valence-electron chi connectivity index (χ4n) is 2.16. The number of benzene rings is 1. The van der Waals surface area contributed by atoms with Gasteiger partial charge in [-0.2, -0.15) is 0 Å². The third kappa shape index (κ3) is 5.06. The molecule has 12 heteroatoms. The first-order valence-electron chi connectivity index (χ1n) is 7.38. The Morgan fingerprint density at radius 2 is 1.74 bits per heavy atom. The van der Waals surface area contributed by atoms with Crippen molar-refractivity contribution in [3.63, 3.8) is 0 Å². The average Bonchev–Trinajstić information content (AvgIpc) is 3.02. The summed E-state index contributed by atoms with van der Waals surface area (Å²) >= 11 is 0. The lowest BCUT2D eigenvalue weighted by Gasteiger charge is -2.11. The first-order valence-corrected chi connectivity index (χ1v) is 9.28. The van der Waals surface area contributed by atoms with Crippen LogP contribution >= 0.6 is 0 Å². The molecule has 3 rings (SSSR count). The summed E-state index contributed by atoms with van der Waals surface area (Å²) in [5, 5.41) is 3.42. The molecule has 1 aromatic carbocycles. The summed E-state index contributed by atoms with van der Waals surface area (Å²) < 4.78 is 68.3.